The van der Waals surface area contributed by atoms with E-state index in [1.807, 2.05) is 0 Å². The van der Waals surface area contributed by atoms with Gasteiger partial charge in [0, 0.05) is 5.56 Å². The maximum atomic E-state index is 11.0. The number of carbonyl (C=O) groups is 3. The molecule has 1 unspecified atom stereocenters. The normalized spacial score (nSPS) is 11.6. The molecule has 0 heterocycles. The first kappa shape index (κ1) is 14.0. The van der Waals surface area contributed by atoms with Gasteiger partial charge >= 0.3 is 17.9 Å². The Morgan fingerprint density at radius 2 is 1.72 bits per heavy atom. The number of carbonyl (C=O) groups excluding carboxylic acids is 1. The minimum absolute atomic E-state index is 0.00607. The molecular weight excluding hydrogens is 264 g/mol. The maximum Gasteiger partial charge on any atom is 0.349 e. The molecule has 0 aromatic heterocycles. The largest absolute Gasteiger partial charge is 0.478 e. The van der Waals surface area contributed by atoms with Crippen molar-refractivity contribution in [3.63, 3.8) is 0 Å². The fourth-order valence-corrected chi connectivity index (χ4v) is 1.29. The van der Waals surface area contributed by atoms with Crippen LogP contribution in [-0.2, 0) is 14.3 Å². The summed E-state index contributed by atoms with van der Waals surface area (Å²) in [6.07, 6.45) is -1.50. The molecule has 2 N–H and O–H groups in total. The Kier molecular flexibility index (Phi) is 4.67. The quantitative estimate of drug-likeness (QED) is 0.619. The lowest BCUT2D eigenvalue weighted by Gasteiger charge is -2.13. The van der Waals surface area contributed by atoms with Crippen molar-refractivity contribution >= 4 is 29.5 Å². The van der Waals surface area contributed by atoms with Gasteiger partial charge < -0.3 is 14.9 Å². The van der Waals surface area contributed by atoms with E-state index in [-0.39, 0.29) is 11.1 Å². The van der Waals surface area contributed by atoms with Gasteiger partial charge in [-0.15, -0.1) is 11.6 Å². The first-order valence-corrected chi connectivity index (χ1v) is 5.30. The highest BCUT2D eigenvalue weighted by Crippen LogP contribution is 2.19. The summed E-state index contributed by atoms with van der Waals surface area (Å²) in [6, 6.07) is 4.98. The zero-order valence-corrected chi connectivity index (χ0v) is 9.76. The number of carboxylic acid groups (broad SMARTS) is 2. The van der Waals surface area contributed by atoms with Crippen LogP contribution < -0.4 is 0 Å². The van der Waals surface area contributed by atoms with Gasteiger partial charge in [0.15, 0.2) is 0 Å². The van der Waals surface area contributed by atoms with Crippen LogP contribution in [0.3, 0.4) is 0 Å². The zero-order valence-electron chi connectivity index (χ0n) is 9.00. The van der Waals surface area contributed by atoms with Crippen LogP contribution in [0.15, 0.2) is 24.3 Å². The van der Waals surface area contributed by atoms with Gasteiger partial charge in [0.25, 0.3) is 0 Å². The van der Waals surface area contributed by atoms with Crippen molar-refractivity contribution in [1.29, 1.82) is 0 Å². The Balaban J connectivity index is 2.96. The average Bonchev–Trinajstić information content (AvgIpc) is 2.35. The molecule has 0 fully saturated rings. The maximum absolute atomic E-state index is 11.0. The van der Waals surface area contributed by atoms with Crippen molar-refractivity contribution in [3.8, 4) is 0 Å². The van der Waals surface area contributed by atoms with Gasteiger partial charge in [-0.05, 0) is 12.1 Å². The minimum atomic E-state index is -1.50. The molecule has 1 aromatic rings. The monoisotopic (exact) mass is 272 g/mol. The second kappa shape index (κ2) is 6.02. The van der Waals surface area contributed by atoms with Crippen molar-refractivity contribution in [2.24, 2.45) is 0 Å². The molecular formula is C11H9ClO6. The second-order valence-corrected chi connectivity index (χ2v) is 3.54. The molecule has 7 heteroatoms. The van der Waals surface area contributed by atoms with E-state index in [2.05, 4.69) is 4.74 Å². The van der Waals surface area contributed by atoms with E-state index in [1.165, 1.54) is 24.3 Å². The summed E-state index contributed by atoms with van der Waals surface area (Å²) < 4.78 is 4.63. The lowest BCUT2D eigenvalue weighted by molar-refractivity contribution is -0.162. The lowest BCUT2D eigenvalue weighted by Crippen LogP contribution is -2.20. The van der Waals surface area contributed by atoms with Gasteiger partial charge in [0.1, 0.15) is 5.88 Å². The number of hydrogen-bond donors (Lipinski definition) is 2. The first-order chi connectivity index (χ1) is 8.45. The Hall–Kier alpha value is -2.08. The molecule has 1 atom stereocenters. The van der Waals surface area contributed by atoms with Crippen LogP contribution in [0.1, 0.15) is 22.0 Å². The summed E-state index contributed by atoms with van der Waals surface area (Å²) in [4.78, 5) is 32.5. The number of aliphatic carboxylic acids is 1. The number of ether oxygens (including phenoxy) is 1. The highest BCUT2D eigenvalue weighted by atomic mass is 35.5. The molecule has 0 aliphatic rings. The molecule has 0 aliphatic carbocycles. The van der Waals surface area contributed by atoms with Crippen molar-refractivity contribution in [1.82, 2.24) is 0 Å². The number of carboxylic acids is 2. The van der Waals surface area contributed by atoms with Crippen LogP contribution in [0.25, 0.3) is 0 Å². The summed E-state index contributed by atoms with van der Waals surface area (Å²) in [5.74, 6) is -3.83. The van der Waals surface area contributed by atoms with Crippen LogP contribution in [0, 0.1) is 0 Å². The van der Waals surface area contributed by atoms with Crippen molar-refractivity contribution < 1.29 is 29.3 Å². The molecule has 18 heavy (non-hydrogen) atoms. The number of halogens is 1. The third kappa shape index (κ3) is 3.46. The number of benzene rings is 1. The average molecular weight is 273 g/mol. The topological polar surface area (TPSA) is 101 Å². The van der Waals surface area contributed by atoms with E-state index < -0.39 is 29.9 Å². The van der Waals surface area contributed by atoms with Crippen molar-refractivity contribution in [2.75, 3.05) is 5.88 Å². The number of hydrogen-bond acceptors (Lipinski definition) is 4. The molecule has 1 aromatic carbocycles. The number of esters is 1. The van der Waals surface area contributed by atoms with Crippen LogP contribution in [0.5, 0.6) is 0 Å². The molecule has 1 rings (SSSR count). The van der Waals surface area contributed by atoms with Crippen molar-refractivity contribution in [3.05, 3.63) is 35.4 Å². The van der Waals surface area contributed by atoms with E-state index in [9.17, 15) is 14.4 Å². The number of alkyl halides is 1. The Morgan fingerprint density at radius 1 is 1.17 bits per heavy atom. The van der Waals surface area contributed by atoms with Gasteiger partial charge in [0.2, 0.25) is 6.10 Å². The zero-order chi connectivity index (χ0) is 13.7. The van der Waals surface area contributed by atoms with E-state index in [0.717, 1.165) is 0 Å². The molecule has 0 radical (unpaired) electrons. The summed E-state index contributed by atoms with van der Waals surface area (Å²) in [7, 11) is 0. The smallest absolute Gasteiger partial charge is 0.349 e. The number of aromatic carboxylic acids is 1. The molecule has 0 saturated carbocycles. The van der Waals surface area contributed by atoms with E-state index in [4.69, 9.17) is 21.8 Å². The standard InChI is InChI=1S/C11H9ClO6/c12-5-8(13)18-9(11(16)17)6-1-3-7(4-2-6)10(14)15/h1-4,9H,5H2,(H,14,15)(H,16,17). The van der Waals surface area contributed by atoms with Crippen LogP contribution in [0.4, 0.5) is 0 Å². The van der Waals surface area contributed by atoms with E-state index in [1.54, 1.807) is 0 Å². The van der Waals surface area contributed by atoms with Crippen LogP contribution in [-0.4, -0.2) is 34.0 Å². The highest BCUT2D eigenvalue weighted by molar-refractivity contribution is 6.26. The third-order valence-electron chi connectivity index (χ3n) is 2.04. The summed E-state index contributed by atoms with van der Waals surface area (Å²) in [6.45, 7) is 0. The van der Waals surface area contributed by atoms with Gasteiger partial charge in [-0.3, -0.25) is 4.79 Å². The van der Waals surface area contributed by atoms with Crippen LogP contribution >= 0.6 is 11.6 Å². The fourth-order valence-electron chi connectivity index (χ4n) is 1.22. The fraction of sp³-hybridized carbons (Fsp3) is 0.182. The molecule has 96 valence electrons. The molecule has 0 aliphatic heterocycles. The predicted octanol–water partition coefficient (Wildman–Crippen LogP) is 1.29. The Bertz CT molecular complexity index is 467. The van der Waals surface area contributed by atoms with Gasteiger partial charge in [-0.1, -0.05) is 12.1 Å². The number of rotatable bonds is 5. The SMILES string of the molecule is O=C(CCl)OC(C(=O)O)c1ccc(C(=O)O)cc1. The second-order valence-electron chi connectivity index (χ2n) is 3.27. The van der Waals surface area contributed by atoms with Crippen LogP contribution in [0.2, 0.25) is 0 Å². The predicted molar refractivity (Wildman–Crippen MR) is 60.6 cm³/mol. The van der Waals surface area contributed by atoms with Crippen molar-refractivity contribution in [2.45, 2.75) is 6.10 Å². The minimum Gasteiger partial charge on any atom is -0.478 e. The molecule has 0 saturated heterocycles. The molecule has 0 bridgehead atoms. The molecule has 0 spiro atoms. The summed E-state index contributed by atoms with van der Waals surface area (Å²) in [5.41, 5.74) is 0.164. The highest BCUT2D eigenvalue weighted by Gasteiger charge is 2.24. The molecule has 6 nitrogen and oxygen atoms in total. The Morgan fingerprint density at radius 3 is 2.11 bits per heavy atom. The summed E-state index contributed by atoms with van der Waals surface area (Å²) >= 11 is 5.21. The lowest BCUT2D eigenvalue weighted by atomic mass is 10.1. The third-order valence-corrected chi connectivity index (χ3v) is 2.26. The van der Waals surface area contributed by atoms with Gasteiger partial charge in [0.05, 0.1) is 5.56 Å². The van der Waals surface area contributed by atoms with Gasteiger partial charge in [-0.2, -0.15) is 0 Å². The van der Waals surface area contributed by atoms with E-state index >= 15 is 0 Å². The van der Waals surface area contributed by atoms with Gasteiger partial charge in [-0.25, -0.2) is 9.59 Å². The first-order valence-electron chi connectivity index (χ1n) is 4.77. The Labute approximate surface area is 107 Å². The van der Waals surface area contributed by atoms with E-state index in [0.29, 0.717) is 0 Å². The summed E-state index contributed by atoms with van der Waals surface area (Å²) in [5, 5.41) is 17.6. The molecule has 0 amide bonds.